The van der Waals surface area contributed by atoms with Crippen molar-refractivity contribution in [2.45, 2.75) is 70.6 Å². The second-order valence-corrected chi connectivity index (χ2v) is 8.29. The molecule has 140 valence electrons. The number of carbonyl (C=O) groups is 1. The fourth-order valence-corrected chi connectivity index (χ4v) is 4.92. The van der Waals surface area contributed by atoms with E-state index in [2.05, 4.69) is 9.88 Å². The number of thiazole rings is 1. The maximum Gasteiger partial charge on any atom is 0.222 e. The fourth-order valence-electron chi connectivity index (χ4n) is 4.27. The second kappa shape index (κ2) is 8.60. The molecule has 2 aliphatic heterocycles. The summed E-state index contributed by atoms with van der Waals surface area (Å²) >= 11 is 1.73. The molecule has 0 aromatic carbocycles. The first-order valence-corrected chi connectivity index (χ1v) is 10.6. The first-order valence-electron chi connectivity index (χ1n) is 9.70. The standard InChI is InChI=1S/C19H31N3O2S/c1-3-22(4-2)18(23)7-6-16-8-10-19(24-16)9-5-12-21(15-19)14-17-20-11-13-25-17/h11,13,16H,3-10,12,14-15H2,1-2H3/t16-,19-/m0/s1. The Balaban J connectivity index is 1.48. The van der Waals surface area contributed by atoms with E-state index in [4.69, 9.17) is 4.74 Å². The molecular formula is C19H31N3O2S. The van der Waals surface area contributed by atoms with E-state index >= 15 is 0 Å². The van der Waals surface area contributed by atoms with E-state index in [9.17, 15) is 4.79 Å². The summed E-state index contributed by atoms with van der Waals surface area (Å²) < 4.78 is 6.51. The van der Waals surface area contributed by atoms with Gasteiger partial charge in [-0.25, -0.2) is 4.98 Å². The van der Waals surface area contributed by atoms with E-state index in [1.807, 2.05) is 30.3 Å². The molecule has 0 unspecified atom stereocenters. The Morgan fingerprint density at radius 1 is 1.44 bits per heavy atom. The Hall–Kier alpha value is -0.980. The number of piperidine rings is 1. The van der Waals surface area contributed by atoms with Crippen molar-refractivity contribution in [3.05, 3.63) is 16.6 Å². The highest BCUT2D eigenvalue weighted by Gasteiger charge is 2.43. The smallest absolute Gasteiger partial charge is 0.222 e. The van der Waals surface area contributed by atoms with Crippen LogP contribution in [0.1, 0.15) is 57.4 Å². The van der Waals surface area contributed by atoms with Crippen molar-refractivity contribution >= 4 is 17.2 Å². The van der Waals surface area contributed by atoms with Crippen LogP contribution in [0.5, 0.6) is 0 Å². The zero-order chi connectivity index (χ0) is 17.7. The monoisotopic (exact) mass is 365 g/mol. The lowest BCUT2D eigenvalue weighted by atomic mass is 9.90. The Morgan fingerprint density at radius 2 is 2.28 bits per heavy atom. The maximum absolute atomic E-state index is 12.2. The first kappa shape index (κ1) is 18.8. The SMILES string of the molecule is CCN(CC)C(=O)CC[C@H]1CC[C@]2(CCCN(Cc3nccs3)C2)O1. The molecular weight excluding hydrogens is 334 g/mol. The van der Waals surface area contributed by atoms with Gasteiger partial charge in [-0.05, 0) is 52.5 Å². The van der Waals surface area contributed by atoms with Crippen LogP contribution in [0.3, 0.4) is 0 Å². The molecule has 25 heavy (non-hydrogen) atoms. The molecule has 1 aromatic rings. The summed E-state index contributed by atoms with van der Waals surface area (Å²) in [5, 5.41) is 3.24. The normalized spacial score (nSPS) is 27.0. The van der Waals surface area contributed by atoms with Gasteiger partial charge in [0.05, 0.1) is 18.2 Å². The second-order valence-electron chi connectivity index (χ2n) is 7.31. The number of carbonyl (C=O) groups excluding carboxylic acids is 1. The fraction of sp³-hybridized carbons (Fsp3) is 0.789. The molecule has 5 nitrogen and oxygen atoms in total. The van der Waals surface area contributed by atoms with Crippen molar-refractivity contribution in [3.8, 4) is 0 Å². The molecule has 0 aliphatic carbocycles. The molecule has 0 N–H and O–H groups in total. The van der Waals surface area contributed by atoms with Crippen LogP contribution < -0.4 is 0 Å². The van der Waals surface area contributed by atoms with Gasteiger partial charge in [0.1, 0.15) is 5.01 Å². The Labute approximate surface area is 155 Å². The van der Waals surface area contributed by atoms with Gasteiger partial charge in [-0.3, -0.25) is 9.69 Å². The molecule has 1 aromatic heterocycles. The molecule has 2 saturated heterocycles. The minimum atomic E-state index is 0.0123. The maximum atomic E-state index is 12.2. The molecule has 0 saturated carbocycles. The highest BCUT2D eigenvalue weighted by Crippen LogP contribution is 2.39. The van der Waals surface area contributed by atoms with E-state index in [0.717, 1.165) is 58.4 Å². The summed E-state index contributed by atoms with van der Waals surface area (Å²) in [5.74, 6) is 0.267. The van der Waals surface area contributed by atoms with Crippen molar-refractivity contribution in [2.24, 2.45) is 0 Å². The van der Waals surface area contributed by atoms with Gasteiger partial charge in [-0.2, -0.15) is 0 Å². The van der Waals surface area contributed by atoms with Gasteiger partial charge in [0, 0.05) is 37.6 Å². The highest BCUT2D eigenvalue weighted by molar-refractivity contribution is 7.09. The van der Waals surface area contributed by atoms with Crippen molar-refractivity contribution in [2.75, 3.05) is 26.2 Å². The molecule has 3 rings (SSSR count). The number of likely N-dealkylation sites (tertiary alicyclic amines) is 1. The number of hydrogen-bond acceptors (Lipinski definition) is 5. The number of nitrogens with zero attached hydrogens (tertiary/aromatic N) is 3. The molecule has 0 bridgehead atoms. The van der Waals surface area contributed by atoms with Crippen LogP contribution >= 0.6 is 11.3 Å². The van der Waals surface area contributed by atoms with E-state index in [1.165, 1.54) is 11.4 Å². The summed E-state index contributed by atoms with van der Waals surface area (Å²) in [4.78, 5) is 21.0. The number of amides is 1. The third-order valence-corrected chi connectivity index (χ3v) is 6.36. The zero-order valence-corrected chi connectivity index (χ0v) is 16.4. The Bertz CT molecular complexity index is 547. The van der Waals surface area contributed by atoms with Crippen LogP contribution in [0.15, 0.2) is 11.6 Å². The van der Waals surface area contributed by atoms with Crippen LogP contribution in [0.2, 0.25) is 0 Å². The van der Waals surface area contributed by atoms with Crippen LogP contribution in [0.25, 0.3) is 0 Å². The molecule has 1 amide bonds. The predicted octanol–water partition coefficient (Wildman–Crippen LogP) is 3.31. The average molecular weight is 366 g/mol. The van der Waals surface area contributed by atoms with E-state index < -0.39 is 0 Å². The third kappa shape index (κ3) is 4.80. The van der Waals surface area contributed by atoms with Crippen LogP contribution in [0, 0.1) is 0 Å². The molecule has 2 aliphatic rings. The van der Waals surface area contributed by atoms with Gasteiger partial charge in [-0.1, -0.05) is 0 Å². The van der Waals surface area contributed by atoms with Crippen LogP contribution in [-0.2, 0) is 16.1 Å². The van der Waals surface area contributed by atoms with E-state index in [-0.39, 0.29) is 17.6 Å². The number of rotatable bonds is 7. The Kier molecular flexibility index (Phi) is 6.47. The highest BCUT2D eigenvalue weighted by atomic mass is 32.1. The topological polar surface area (TPSA) is 45.7 Å². The molecule has 2 fully saturated rings. The van der Waals surface area contributed by atoms with Gasteiger partial charge >= 0.3 is 0 Å². The lowest BCUT2D eigenvalue weighted by Gasteiger charge is -2.40. The van der Waals surface area contributed by atoms with Crippen molar-refractivity contribution in [1.29, 1.82) is 0 Å². The largest absolute Gasteiger partial charge is 0.370 e. The predicted molar refractivity (Wildman–Crippen MR) is 101 cm³/mol. The number of aromatic nitrogens is 1. The molecule has 0 radical (unpaired) electrons. The van der Waals surface area contributed by atoms with Crippen molar-refractivity contribution < 1.29 is 9.53 Å². The molecule has 6 heteroatoms. The summed E-state index contributed by atoms with van der Waals surface area (Å²) in [6.45, 7) is 8.77. The Morgan fingerprint density at radius 3 is 3.00 bits per heavy atom. The minimum Gasteiger partial charge on any atom is -0.370 e. The molecule has 3 heterocycles. The van der Waals surface area contributed by atoms with Gasteiger partial charge in [0.15, 0.2) is 0 Å². The summed E-state index contributed by atoms with van der Waals surface area (Å²) in [7, 11) is 0. The number of hydrogen-bond donors (Lipinski definition) is 0. The van der Waals surface area contributed by atoms with Crippen LogP contribution in [0.4, 0.5) is 0 Å². The quantitative estimate of drug-likeness (QED) is 0.744. The van der Waals surface area contributed by atoms with Crippen LogP contribution in [-0.4, -0.2) is 58.6 Å². The van der Waals surface area contributed by atoms with Gasteiger partial charge in [-0.15, -0.1) is 11.3 Å². The molecule has 1 spiro atoms. The number of ether oxygens (including phenoxy) is 1. The van der Waals surface area contributed by atoms with Crippen molar-refractivity contribution in [3.63, 3.8) is 0 Å². The first-order chi connectivity index (χ1) is 12.1. The summed E-state index contributed by atoms with van der Waals surface area (Å²) in [5.41, 5.74) is 0.0123. The molecule has 2 atom stereocenters. The zero-order valence-electron chi connectivity index (χ0n) is 15.6. The van der Waals surface area contributed by atoms with Gasteiger partial charge < -0.3 is 9.64 Å². The van der Waals surface area contributed by atoms with Gasteiger partial charge in [0.2, 0.25) is 5.91 Å². The minimum absolute atomic E-state index is 0.0123. The van der Waals surface area contributed by atoms with Gasteiger partial charge in [0.25, 0.3) is 0 Å². The lowest BCUT2D eigenvalue weighted by Crippen LogP contribution is -2.47. The average Bonchev–Trinajstić information content (AvgIpc) is 3.25. The lowest BCUT2D eigenvalue weighted by molar-refractivity contribution is -0.132. The van der Waals surface area contributed by atoms with E-state index in [1.54, 1.807) is 11.3 Å². The third-order valence-electron chi connectivity index (χ3n) is 5.60. The summed E-state index contributed by atoms with van der Waals surface area (Å²) in [6.07, 6.45) is 8.18. The van der Waals surface area contributed by atoms with Crippen molar-refractivity contribution in [1.82, 2.24) is 14.8 Å². The summed E-state index contributed by atoms with van der Waals surface area (Å²) in [6, 6.07) is 0. The van der Waals surface area contributed by atoms with E-state index in [0.29, 0.717) is 6.42 Å².